The van der Waals surface area contributed by atoms with E-state index >= 15 is 0 Å². The van der Waals surface area contributed by atoms with E-state index in [1.807, 2.05) is 51.1 Å². The van der Waals surface area contributed by atoms with Crippen LogP contribution in [0, 0.1) is 20.8 Å². The average Bonchev–Trinajstić information content (AvgIpc) is 2.94. The van der Waals surface area contributed by atoms with Crippen molar-refractivity contribution < 1.29 is 14.1 Å². The number of halogens is 1. The van der Waals surface area contributed by atoms with Crippen LogP contribution in [0.25, 0.3) is 0 Å². The zero-order chi connectivity index (χ0) is 18.7. The van der Waals surface area contributed by atoms with E-state index in [2.05, 4.69) is 26.4 Å². The van der Waals surface area contributed by atoms with E-state index in [1.54, 1.807) is 12.1 Å². The fourth-order valence-corrected chi connectivity index (χ4v) is 3.07. The van der Waals surface area contributed by atoms with Gasteiger partial charge >= 0.3 is 0 Å². The van der Waals surface area contributed by atoms with Crippen molar-refractivity contribution in [3.8, 4) is 5.75 Å². The molecule has 26 heavy (non-hydrogen) atoms. The topological polar surface area (TPSA) is 64.4 Å². The number of carbonyl (C=O) groups excluding carboxylic acids is 1. The van der Waals surface area contributed by atoms with Gasteiger partial charge in [-0.05, 0) is 56.7 Å². The molecule has 0 aliphatic heterocycles. The maximum absolute atomic E-state index is 12.7. The summed E-state index contributed by atoms with van der Waals surface area (Å²) in [5.41, 5.74) is 3.89. The molecule has 6 heteroatoms. The van der Waals surface area contributed by atoms with Crippen LogP contribution in [0.1, 0.15) is 32.9 Å². The molecule has 0 fully saturated rings. The fraction of sp³-hybridized carbons (Fsp3) is 0.200. The molecule has 0 spiro atoms. The summed E-state index contributed by atoms with van der Waals surface area (Å²) in [6, 6.07) is 12.9. The second-order valence-corrected chi connectivity index (χ2v) is 6.92. The molecule has 3 aromatic rings. The van der Waals surface area contributed by atoms with Crippen LogP contribution < -0.4 is 10.1 Å². The van der Waals surface area contributed by atoms with Crippen LogP contribution in [0.3, 0.4) is 0 Å². The first kappa shape index (κ1) is 18.2. The number of hydrogen-bond donors (Lipinski definition) is 1. The van der Waals surface area contributed by atoms with Crippen LogP contribution in [0.5, 0.6) is 5.75 Å². The molecule has 0 bridgehead atoms. The van der Waals surface area contributed by atoms with Crippen LogP contribution >= 0.6 is 15.9 Å². The van der Waals surface area contributed by atoms with Gasteiger partial charge in [-0.25, -0.2) is 0 Å². The van der Waals surface area contributed by atoms with Gasteiger partial charge in [-0.2, -0.15) is 0 Å². The van der Waals surface area contributed by atoms with Crippen molar-refractivity contribution in [2.75, 3.05) is 5.32 Å². The molecule has 0 atom stereocenters. The van der Waals surface area contributed by atoms with Crippen LogP contribution in [0.4, 0.5) is 5.69 Å². The summed E-state index contributed by atoms with van der Waals surface area (Å²) < 4.78 is 12.0. The Morgan fingerprint density at radius 1 is 1.19 bits per heavy atom. The molecular weight excluding hydrogens is 396 g/mol. The van der Waals surface area contributed by atoms with Crippen LogP contribution in [-0.2, 0) is 6.61 Å². The Kier molecular flexibility index (Phi) is 5.42. The van der Waals surface area contributed by atoms with Crippen LogP contribution in [-0.4, -0.2) is 11.1 Å². The van der Waals surface area contributed by atoms with Gasteiger partial charge in [-0.15, -0.1) is 0 Å². The van der Waals surface area contributed by atoms with Crippen LogP contribution in [0.2, 0.25) is 0 Å². The van der Waals surface area contributed by atoms with Crippen molar-refractivity contribution in [1.29, 1.82) is 0 Å². The number of ether oxygens (including phenoxy) is 1. The first-order valence-electron chi connectivity index (χ1n) is 8.17. The van der Waals surface area contributed by atoms with Gasteiger partial charge in [-0.3, -0.25) is 4.79 Å². The van der Waals surface area contributed by atoms with Crippen molar-refractivity contribution >= 4 is 27.5 Å². The SMILES string of the molecule is Cc1cc(Br)ccc1NC(=O)c1ccccc1OCc1c(C)noc1C. The number of aromatic nitrogens is 1. The second-order valence-electron chi connectivity index (χ2n) is 6.00. The van der Waals surface area contributed by atoms with E-state index in [9.17, 15) is 4.79 Å². The normalized spacial score (nSPS) is 10.6. The number of nitrogens with zero attached hydrogens (tertiary/aromatic N) is 1. The van der Waals surface area contributed by atoms with Gasteiger partial charge in [0.05, 0.1) is 16.8 Å². The lowest BCUT2D eigenvalue weighted by molar-refractivity contribution is 0.102. The Bertz CT molecular complexity index is 930. The third-order valence-corrected chi connectivity index (χ3v) is 4.61. The monoisotopic (exact) mass is 414 g/mol. The molecule has 134 valence electrons. The quantitative estimate of drug-likeness (QED) is 0.623. The Labute approximate surface area is 160 Å². The lowest BCUT2D eigenvalue weighted by atomic mass is 10.1. The number of benzene rings is 2. The molecule has 0 aliphatic carbocycles. The van der Waals surface area contributed by atoms with Crippen LogP contribution in [0.15, 0.2) is 51.5 Å². The average molecular weight is 415 g/mol. The zero-order valence-corrected chi connectivity index (χ0v) is 16.4. The first-order valence-corrected chi connectivity index (χ1v) is 8.96. The lowest BCUT2D eigenvalue weighted by Gasteiger charge is -2.13. The Morgan fingerprint density at radius 3 is 2.65 bits per heavy atom. The Morgan fingerprint density at radius 2 is 1.96 bits per heavy atom. The molecule has 0 radical (unpaired) electrons. The highest BCUT2D eigenvalue weighted by Gasteiger charge is 2.15. The maximum atomic E-state index is 12.7. The molecule has 1 amide bonds. The summed E-state index contributed by atoms with van der Waals surface area (Å²) in [4.78, 5) is 12.7. The zero-order valence-electron chi connectivity index (χ0n) is 14.8. The standard InChI is InChI=1S/C20H19BrN2O3/c1-12-10-15(21)8-9-18(12)22-20(24)16-6-4-5-7-19(16)25-11-17-13(2)23-26-14(17)3/h4-10H,11H2,1-3H3,(H,22,24). The summed E-state index contributed by atoms with van der Waals surface area (Å²) >= 11 is 3.42. The molecule has 2 aromatic carbocycles. The molecule has 0 aliphatic rings. The van der Waals surface area contributed by atoms with Gasteiger partial charge in [0.25, 0.3) is 5.91 Å². The Hall–Kier alpha value is -2.60. The largest absolute Gasteiger partial charge is 0.488 e. The second kappa shape index (κ2) is 7.74. The molecule has 0 saturated carbocycles. The molecule has 5 nitrogen and oxygen atoms in total. The minimum absolute atomic E-state index is 0.218. The molecule has 1 heterocycles. The summed E-state index contributed by atoms with van der Waals surface area (Å²) in [7, 11) is 0. The molecule has 3 rings (SSSR count). The van der Waals surface area contributed by atoms with Crippen molar-refractivity contribution in [3.05, 3.63) is 75.1 Å². The summed E-state index contributed by atoms with van der Waals surface area (Å²) in [5.74, 6) is 1.01. The number of aryl methyl sites for hydroxylation is 3. The molecular formula is C20H19BrN2O3. The molecule has 0 unspecified atom stereocenters. The van der Waals surface area contributed by atoms with Gasteiger partial charge < -0.3 is 14.6 Å². The highest BCUT2D eigenvalue weighted by atomic mass is 79.9. The third kappa shape index (κ3) is 3.96. The predicted octanol–water partition coefficient (Wildman–Crippen LogP) is 5.19. The number of carbonyl (C=O) groups is 1. The van der Waals surface area contributed by atoms with Crippen molar-refractivity contribution in [3.63, 3.8) is 0 Å². The van der Waals surface area contributed by atoms with E-state index in [0.717, 1.165) is 32.7 Å². The van der Waals surface area contributed by atoms with Gasteiger partial charge in [0.1, 0.15) is 18.1 Å². The number of nitrogens with one attached hydrogen (secondary N) is 1. The van der Waals surface area contributed by atoms with Crippen molar-refractivity contribution in [2.24, 2.45) is 0 Å². The smallest absolute Gasteiger partial charge is 0.259 e. The number of para-hydroxylation sites is 1. The van der Waals surface area contributed by atoms with Crippen molar-refractivity contribution in [2.45, 2.75) is 27.4 Å². The van der Waals surface area contributed by atoms with Gasteiger partial charge in [0.2, 0.25) is 0 Å². The lowest BCUT2D eigenvalue weighted by Crippen LogP contribution is -2.14. The number of anilines is 1. The maximum Gasteiger partial charge on any atom is 0.259 e. The molecule has 1 aromatic heterocycles. The van der Waals surface area contributed by atoms with Gasteiger partial charge in [-0.1, -0.05) is 33.2 Å². The highest BCUT2D eigenvalue weighted by Crippen LogP contribution is 2.24. The number of amides is 1. The van der Waals surface area contributed by atoms with E-state index in [-0.39, 0.29) is 5.91 Å². The van der Waals surface area contributed by atoms with E-state index in [1.165, 1.54) is 0 Å². The minimum Gasteiger partial charge on any atom is -0.488 e. The summed E-state index contributed by atoms with van der Waals surface area (Å²) in [5, 5.41) is 6.86. The van der Waals surface area contributed by atoms with E-state index < -0.39 is 0 Å². The first-order chi connectivity index (χ1) is 12.5. The van der Waals surface area contributed by atoms with Crippen molar-refractivity contribution in [1.82, 2.24) is 5.16 Å². The minimum atomic E-state index is -0.218. The third-order valence-electron chi connectivity index (χ3n) is 4.12. The molecule has 1 N–H and O–H groups in total. The van der Waals surface area contributed by atoms with Gasteiger partial charge in [0, 0.05) is 10.2 Å². The highest BCUT2D eigenvalue weighted by molar-refractivity contribution is 9.10. The van der Waals surface area contributed by atoms with E-state index in [0.29, 0.717) is 17.9 Å². The van der Waals surface area contributed by atoms with E-state index in [4.69, 9.17) is 9.26 Å². The summed E-state index contributed by atoms with van der Waals surface area (Å²) in [6.07, 6.45) is 0. The fourth-order valence-electron chi connectivity index (χ4n) is 2.59. The Balaban J connectivity index is 1.79. The number of hydrogen-bond acceptors (Lipinski definition) is 4. The molecule has 0 saturated heterocycles. The number of rotatable bonds is 5. The summed E-state index contributed by atoms with van der Waals surface area (Å²) in [6.45, 7) is 5.95. The predicted molar refractivity (Wildman–Crippen MR) is 104 cm³/mol. The van der Waals surface area contributed by atoms with Gasteiger partial charge in [0.15, 0.2) is 0 Å².